The molecule has 0 aromatic heterocycles. The molecule has 2 atom stereocenters. The topological polar surface area (TPSA) is 20.3 Å². The molecule has 2 bridgehead atoms. The fourth-order valence-corrected chi connectivity index (χ4v) is 2.96. The fourth-order valence-electron chi connectivity index (χ4n) is 2.96. The molecule has 1 heterocycles. The molecule has 1 aliphatic heterocycles. The minimum Gasteiger partial charge on any atom is -0.303 e. The lowest BCUT2D eigenvalue weighted by molar-refractivity contribution is -0.108. The molecular formula is C11H19NO. The number of piperidine rings is 1. The van der Waals surface area contributed by atoms with E-state index in [9.17, 15) is 4.79 Å². The van der Waals surface area contributed by atoms with Crippen molar-refractivity contribution in [1.29, 1.82) is 0 Å². The predicted molar refractivity (Wildman–Crippen MR) is 52.6 cm³/mol. The molecule has 0 spiro atoms. The van der Waals surface area contributed by atoms with Gasteiger partial charge in [0.05, 0.1) is 0 Å². The van der Waals surface area contributed by atoms with Crippen molar-refractivity contribution in [3.8, 4) is 0 Å². The second-order valence-corrected chi connectivity index (χ2v) is 4.61. The van der Waals surface area contributed by atoms with E-state index < -0.39 is 0 Å². The maximum Gasteiger partial charge on any atom is 0.121 e. The second-order valence-electron chi connectivity index (χ2n) is 4.61. The first-order chi connectivity index (χ1) is 6.38. The molecule has 2 fully saturated rings. The van der Waals surface area contributed by atoms with E-state index >= 15 is 0 Å². The summed E-state index contributed by atoms with van der Waals surface area (Å²) < 4.78 is 0. The van der Waals surface area contributed by atoms with E-state index in [2.05, 4.69) is 4.90 Å². The molecule has 74 valence electrons. The minimum absolute atomic E-state index is 0.722. The van der Waals surface area contributed by atoms with Crippen LogP contribution in [0.1, 0.15) is 32.1 Å². The lowest BCUT2D eigenvalue weighted by atomic mass is 9.78. The molecule has 1 aliphatic carbocycles. The molecular weight excluding hydrogens is 162 g/mol. The van der Waals surface area contributed by atoms with Gasteiger partial charge in [0.25, 0.3) is 0 Å². The summed E-state index contributed by atoms with van der Waals surface area (Å²) in [6.07, 6.45) is 7.51. The molecule has 2 heteroatoms. The lowest BCUT2D eigenvalue weighted by Crippen LogP contribution is -2.43. The summed E-state index contributed by atoms with van der Waals surface area (Å²) in [6, 6.07) is 0. The first-order valence-electron chi connectivity index (χ1n) is 5.54. The van der Waals surface area contributed by atoms with E-state index in [1.807, 2.05) is 0 Å². The van der Waals surface area contributed by atoms with E-state index in [0.717, 1.165) is 31.1 Å². The van der Waals surface area contributed by atoms with Crippen molar-refractivity contribution in [3.63, 3.8) is 0 Å². The Morgan fingerprint density at radius 1 is 1.23 bits per heavy atom. The Morgan fingerprint density at radius 3 is 2.54 bits per heavy atom. The summed E-state index contributed by atoms with van der Waals surface area (Å²) >= 11 is 0. The second kappa shape index (κ2) is 4.23. The Hall–Kier alpha value is -0.370. The highest BCUT2D eigenvalue weighted by Crippen LogP contribution is 2.34. The third-order valence-electron chi connectivity index (χ3n) is 3.49. The number of carbonyl (C=O) groups is 1. The number of aldehydes is 1. The van der Waals surface area contributed by atoms with Crippen LogP contribution in [0.5, 0.6) is 0 Å². The van der Waals surface area contributed by atoms with Crippen LogP contribution in [0.3, 0.4) is 0 Å². The van der Waals surface area contributed by atoms with Crippen LogP contribution in [0.15, 0.2) is 0 Å². The van der Waals surface area contributed by atoms with E-state index in [1.165, 1.54) is 38.8 Å². The number of likely N-dealkylation sites (tertiary alicyclic amines) is 1. The van der Waals surface area contributed by atoms with Crippen molar-refractivity contribution in [1.82, 2.24) is 4.90 Å². The third kappa shape index (κ3) is 2.31. The van der Waals surface area contributed by atoms with Crippen LogP contribution in [0.25, 0.3) is 0 Å². The lowest BCUT2D eigenvalue weighted by Gasteiger charge is -2.41. The van der Waals surface area contributed by atoms with E-state index in [4.69, 9.17) is 0 Å². The normalized spacial score (nSPS) is 34.5. The first kappa shape index (κ1) is 9.20. The molecule has 1 saturated heterocycles. The third-order valence-corrected chi connectivity index (χ3v) is 3.49. The average Bonchev–Trinajstić information content (AvgIpc) is 2.14. The summed E-state index contributed by atoms with van der Waals surface area (Å²) in [5, 5.41) is 0. The Labute approximate surface area is 80.3 Å². The highest BCUT2D eigenvalue weighted by atomic mass is 16.1. The van der Waals surface area contributed by atoms with Gasteiger partial charge in [0.1, 0.15) is 6.29 Å². The van der Waals surface area contributed by atoms with Gasteiger partial charge in [0.15, 0.2) is 0 Å². The van der Waals surface area contributed by atoms with Gasteiger partial charge >= 0.3 is 0 Å². The van der Waals surface area contributed by atoms with Gasteiger partial charge in [0.2, 0.25) is 0 Å². The summed E-state index contributed by atoms with van der Waals surface area (Å²) in [5.41, 5.74) is 0. The van der Waals surface area contributed by atoms with Gasteiger partial charge in [0, 0.05) is 26.1 Å². The largest absolute Gasteiger partial charge is 0.303 e. The summed E-state index contributed by atoms with van der Waals surface area (Å²) in [4.78, 5) is 12.8. The number of hydrogen-bond donors (Lipinski definition) is 0. The maximum absolute atomic E-state index is 10.3. The zero-order chi connectivity index (χ0) is 9.10. The van der Waals surface area contributed by atoms with Gasteiger partial charge in [-0.25, -0.2) is 0 Å². The van der Waals surface area contributed by atoms with E-state index in [1.54, 1.807) is 0 Å². The van der Waals surface area contributed by atoms with Crippen LogP contribution >= 0.6 is 0 Å². The Kier molecular flexibility index (Phi) is 2.99. The maximum atomic E-state index is 10.3. The zero-order valence-corrected chi connectivity index (χ0v) is 8.24. The molecule has 0 radical (unpaired) electrons. The van der Waals surface area contributed by atoms with Crippen LogP contribution in [0.4, 0.5) is 0 Å². The van der Waals surface area contributed by atoms with Crippen molar-refractivity contribution in [2.75, 3.05) is 19.6 Å². The number of hydrogen-bond acceptors (Lipinski definition) is 2. The standard InChI is InChI=1S/C11H19NO/c13-6-2-5-12-8-10-3-1-4-11(7-10)9-12/h6,10-11H,1-5,7-9H2. The van der Waals surface area contributed by atoms with Crippen molar-refractivity contribution in [2.45, 2.75) is 32.1 Å². The predicted octanol–water partition coefficient (Wildman–Crippen LogP) is 1.70. The van der Waals surface area contributed by atoms with Crippen LogP contribution in [-0.2, 0) is 4.79 Å². The van der Waals surface area contributed by atoms with Crippen molar-refractivity contribution in [3.05, 3.63) is 0 Å². The first-order valence-corrected chi connectivity index (χ1v) is 5.54. The Bertz CT molecular complexity index is 169. The van der Waals surface area contributed by atoms with Gasteiger partial charge in [-0.15, -0.1) is 0 Å². The average molecular weight is 181 g/mol. The minimum atomic E-state index is 0.722. The van der Waals surface area contributed by atoms with Gasteiger partial charge < -0.3 is 9.69 Å². The number of carbonyl (C=O) groups excluding carboxylic acids is 1. The summed E-state index contributed by atoms with van der Waals surface area (Å²) in [7, 11) is 0. The summed E-state index contributed by atoms with van der Waals surface area (Å²) in [6.45, 7) is 3.51. The van der Waals surface area contributed by atoms with Crippen LogP contribution < -0.4 is 0 Å². The van der Waals surface area contributed by atoms with Gasteiger partial charge in [-0.3, -0.25) is 0 Å². The summed E-state index contributed by atoms with van der Waals surface area (Å²) in [5.74, 6) is 1.89. The quantitative estimate of drug-likeness (QED) is 0.618. The van der Waals surface area contributed by atoms with Crippen LogP contribution in [0, 0.1) is 11.8 Å². The molecule has 2 rings (SSSR count). The molecule has 0 N–H and O–H groups in total. The van der Waals surface area contributed by atoms with Gasteiger partial charge in [-0.1, -0.05) is 6.42 Å². The highest BCUT2D eigenvalue weighted by Gasteiger charge is 2.29. The van der Waals surface area contributed by atoms with Crippen LogP contribution in [0.2, 0.25) is 0 Å². The highest BCUT2D eigenvalue weighted by molar-refractivity contribution is 5.49. The van der Waals surface area contributed by atoms with Gasteiger partial charge in [-0.05, 0) is 31.1 Å². The Balaban J connectivity index is 1.83. The smallest absolute Gasteiger partial charge is 0.121 e. The molecule has 0 aromatic carbocycles. The van der Waals surface area contributed by atoms with E-state index in [0.29, 0.717) is 0 Å². The van der Waals surface area contributed by atoms with Crippen molar-refractivity contribution in [2.24, 2.45) is 11.8 Å². The van der Waals surface area contributed by atoms with Gasteiger partial charge in [-0.2, -0.15) is 0 Å². The fraction of sp³-hybridized carbons (Fsp3) is 0.909. The van der Waals surface area contributed by atoms with E-state index in [-0.39, 0.29) is 0 Å². The molecule has 0 aromatic rings. The number of rotatable bonds is 3. The molecule has 2 unspecified atom stereocenters. The SMILES string of the molecule is O=CCCN1CC2CCCC(C2)C1. The molecule has 13 heavy (non-hydrogen) atoms. The Morgan fingerprint density at radius 2 is 1.92 bits per heavy atom. The molecule has 0 amide bonds. The monoisotopic (exact) mass is 181 g/mol. The van der Waals surface area contributed by atoms with Crippen molar-refractivity contribution < 1.29 is 4.79 Å². The van der Waals surface area contributed by atoms with Crippen LogP contribution in [-0.4, -0.2) is 30.8 Å². The molecule has 1 saturated carbocycles. The zero-order valence-electron chi connectivity index (χ0n) is 8.24. The number of nitrogens with zero attached hydrogens (tertiary/aromatic N) is 1. The molecule has 2 nitrogen and oxygen atoms in total. The molecule has 2 aliphatic rings. The number of fused-ring (bicyclic) bond motifs is 2. The van der Waals surface area contributed by atoms with Crippen molar-refractivity contribution >= 4 is 6.29 Å².